The van der Waals surface area contributed by atoms with Crippen LogP contribution in [0.2, 0.25) is 0 Å². The van der Waals surface area contributed by atoms with Crippen molar-refractivity contribution in [2.45, 2.75) is 25.4 Å². The number of carboxylic acids is 1. The van der Waals surface area contributed by atoms with Crippen LogP contribution in [0.5, 0.6) is 0 Å². The number of nitrogens with zero attached hydrogens (tertiary/aromatic N) is 3. The molecule has 0 amide bonds. The Balaban J connectivity index is 1.40. The van der Waals surface area contributed by atoms with E-state index < -0.39 is 5.97 Å². The number of benzene rings is 1. The van der Waals surface area contributed by atoms with Gasteiger partial charge in [0.2, 0.25) is 0 Å². The van der Waals surface area contributed by atoms with Crippen molar-refractivity contribution in [1.82, 2.24) is 14.7 Å². The van der Waals surface area contributed by atoms with Crippen molar-refractivity contribution in [2.24, 2.45) is 0 Å². The molecule has 0 radical (unpaired) electrons. The molecular weight excluding hydrogens is 290 g/mol. The quantitative estimate of drug-likeness (QED) is 0.888. The van der Waals surface area contributed by atoms with Gasteiger partial charge >= 0.3 is 5.97 Å². The highest BCUT2D eigenvalue weighted by Crippen LogP contribution is 2.19. The minimum atomic E-state index is -0.715. The van der Waals surface area contributed by atoms with E-state index in [2.05, 4.69) is 40.1 Å². The molecule has 2 heterocycles. The molecule has 3 rings (SSSR count). The normalized spacial score (nSPS) is 22.3. The van der Waals surface area contributed by atoms with Crippen molar-refractivity contribution in [2.75, 3.05) is 45.8 Å². The number of likely N-dealkylation sites (tertiary alicyclic amines) is 1. The molecule has 2 fully saturated rings. The Hall–Kier alpha value is -1.43. The lowest BCUT2D eigenvalue weighted by Gasteiger charge is -2.42. The highest BCUT2D eigenvalue weighted by atomic mass is 16.4. The third kappa shape index (κ3) is 4.77. The zero-order valence-electron chi connectivity index (χ0n) is 13.7. The molecule has 0 aromatic heterocycles. The average molecular weight is 317 g/mol. The predicted molar refractivity (Wildman–Crippen MR) is 90.4 cm³/mol. The maximum absolute atomic E-state index is 10.8. The molecule has 0 aliphatic carbocycles. The maximum atomic E-state index is 10.8. The van der Waals surface area contributed by atoms with Crippen LogP contribution >= 0.6 is 0 Å². The Labute approximate surface area is 138 Å². The molecule has 2 aliphatic heterocycles. The van der Waals surface area contributed by atoms with Gasteiger partial charge in [-0.3, -0.25) is 19.5 Å². The lowest BCUT2D eigenvalue weighted by Crippen LogP contribution is -2.53. The van der Waals surface area contributed by atoms with Gasteiger partial charge in [-0.1, -0.05) is 30.3 Å². The Bertz CT molecular complexity index is 492. The zero-order valence-corrected chi connectivity index (χ0v) is 13.7. The van der Waals surface area contributed by atoms with Crippen LogP contribution in [0, 0.1) is 0 Å². The average Bonchev–Trinajstić information content (AvgIpc) is 2.57. The van der Waals surface area contributed by atoms with E-state index in [9.17, 15) is 4.79 Å². The van der Waals surface area contributed by atoms with E-state index in [1.54, 1.807) is 0 Å². The first-order valence-electron chi connectivity index (χ1n) is 8.65. The highest BCUT2D eigenvalue weighted by Gasteiger charge is 2.27. The monoisotopic (exact) mass is 317 g/mol. The molecule has 1 N–H and O–H groups in total. The van der Waals surface area contributed by atoms with Gasteiger partial charge in [-0.25, -0.2) is 0 Å². The third-order valence-corrected chi connectivity index (χ3v) is 5.09. The molecule has 0 spiro atoms. The standard InChI is InChI=1S/C18H27N3O2/c22-18(23)15-20-10-12-21(13-11-20)17-6-8-19(9-7-17)14-16-4-2-1-3-5-16/h1-5,17H,6-15H2,(H,22,23). The number of carboxylic acid groups (broad SMARTS) is 1. The van der Waals surface area contributed by atoms with E-state index in [4.69, 9.17) is 5.11 Å². The summed E-state index contributed by atoms with van der Waals surface area (Å²) in [5.41, 5.74) is 1.40. The molecule has 1 aromatic carbocycles. The summed E-state index contributed by atoms with van der Waals surface area (Å²) in [5.74, 6) is -0.715. The Morgan fingerprint density at radius 2 is 1.61 bits per heavy atom. The van der Waals surface area contributed by atoms with Crippen LogP contribution in [0.4, 0.5) is 0 Å². The number of hydrogen-bond acceptors (Lipinski definition) is 4. The SMILES string of the molecule is O=C(O)CN1CCN(C2CCN(Cc3ccccc3)CC2)CC1. The molecule has 0 bridgehead atoms. The number of aliphatic carboxylic acids is 1. The number of hydrogen-bond donors (Lipinski definition) is 1. The maximum Gasteiger partial charge on any atom is 0.317 e. The third-order valence-electron chi connectivity index (χ3n) is 5.09. The fourth-order valence-electron chi connectivity index (χ4n) is 3.76. The summed E-state index contributed by atoms with van der Waals surface area (Å²) >= 11 is 0. The molecule has 1 aromatic rings. The number of piperazine rings is 1. The topological polar surface area (TPSA) is 47.0 Å². The van der Waals surface area contributed by atoms with Crippen LogP contribution in [0.25, 0.3) is 0 Å². The van der Waals surface area contributed by atoms with Crippen molar-refractivity contribution in [3.8, 4) is 0 Å². The summed E-state index contributed by atoms with van der Waals surface area (Å²) in [5, 5.41) is 8.87. The van der Waals surface area contributed by atoms with E-state index >= 15 is 0 Å². The Morgan fingerprint density at radius 3 is 2.22 bits per heavy atom. The minimum Gasteiger partial charge on any atom is -0.480 e. The summed E-state index contributed by atoms with van der Waals surface area (Å²) in [6, 6.07) is 11.4. The van der Waals surface area contributed by atoms with Crippen molar-refractivity contribution in [3.05, 3.63) is 35.9 Å². The molecule has 0 saturated carbocycles. The largest absolute Gasteiger partial charge is 0.480 e. The fraction of sp³-hybridized carbons (Fsp3) is 0.611. The Morgan fingerprint density at radius 1 is 0.957 bits per heavy atom. The zero-order chi connectivity index (χ0) is 16.1. The van der Waals surface area contributed by atoms with E-state index in [1.165, 1.54) is 18.4 Å². The van der Waals surface area contributed by atoms with Crippen LogP contribution in [0.1, 0.15) is 18.4 Å². The van der Waals surface area contributed by atoms with Crippen molar-refractivity contribution >= 4 is 5.97 Å². The molecule has 2 saturated heterocycles. The second-order valence-corrected chi connectivity index (χ2v) is 6.70. The molecule has 0 atom stereocenters. The van der Waals surface area contributed by atoms with Gasteiger partial charge in [0.05, 0.1) is 6.54 Å². The summed E-state index contributed by atoms with van der Waals surface area (Å²) in [4.78, 5) is 17.9. The van der Waals surface area contributed by atoms with E-state index in [0.717, 1.165) is 45.8 Å². The smallest absolute Gasteiger partial charge is 0.317 e. The molecular formula is C18H27N3O2. The second-order valence-electron chi connectivity index (χ2n) is 6.70. The van der Waals surface area contributed by atoms with E-state index in [-0.39, 0.29) is 6.54 Å². The van der Waals surface area contributed by atoms with Crippen LogP contribution in [-0.4, -0.2) is 77.6 Å². The summed E-state index contributed by atoms with van der Waals surface area (Å²) < 4.78 is 0. The van der Waals surface area contributed by atoms with E-state index in [1.807, 2.05) is 4.90 Å². The number of rotatable bonds is 5. The molecule has 23 heavy (non-hydrogen) atoms. The molecule has 5 heteroatoms. The first-order chi connectivity index (χ1) is 11.2. The lowest BCUT2D eigenvalue weighted by atomic mass is 10.0. The lowest BCUT2D eigenvalue weighted by molar-refractivity contribution is -0.138. The van der Waals surface area contributed by atoms with Gasteiger partial charge in [0.25, 0.3) is 0 Å². The number of piperidine rings is 1. The fourth-order valence-corrected chi connectivity index (χ4v) is 3.76. The van der Waals surface area contributed by atoms with Gasteiger partial charge in [-0.05, 0) is 31.5 Å². The second kappa shape index (κ2) is 7.90. The number of carbonyl (C=O) groups is 1. The van der Waals surface area contributed by atoms with Crippen LogP contribution < -0.4 is 0 Å². The van der Waals surface area contributed by atoms with Crippen molar-refractivity contribution < 1.29 is 9.90 Å². The van der Waals surface area contributed by atoms with Gasteiger partial charge in [0, 0.05) is 38.8 Å². The van der Waals surface area contributed by atoms with Crippen LogP contribution in [-0.2, 0) is 11.3 Å². The van der Waals surface area contributed by atoms with Gasteiger partial charge < -0.3 is 5.11 Å². The summed E-state index contributed by atoms with van der Waals surface area (Å²) in [6.45, 7) is 7.35. The summed E-state index contributed by atoms with van der Waals surface area (Å²) in [7, 11) is 0. The van der Waals surface area contributed by atoms with Crippen molar-refractivity contribution in [1.29, 1.82) is 0 Å². The van der Waals surface area contributed by atoms with Gasteiger partial charge in [0.15, 0.2) is 0 Å². The van der Waals surface area contributed by atoms with Crippen LogP contribution in [0.3, 0.4) is 0 Å². The van der Waals surface area contributed by atoms with Gasteiger partial charge in [-0.2, -0.15) is 0 Å². The molecule has 5 nitrogen and oxygen atoms in total. The van der Waals surface area contributed by atoms with Crippen molar-refractivity contribution in [3.63, 3.8) is 0 Å². The predicted octanol–water partition coefficient (Wildman–Crippen LogP) is 1.35. The van der Waals surface area contributed by atoms with Crippen LogP contribution in [0.15, 0.2) is 30.3 Å². The molecule has 126 valence electrons. The van der Waals surface area contributed by atoms with E-state index in [0.29, 0.717) is 6.04 Å². The first kappa shape index (κ1) is 16.4. The highest BCUT2D eigenvalue weighted by molar-refractivity contribution is 5.69. The molecule has 2 aliphatic rings. The first-order valence-corrected chi connectivity index (χ1v) is 8.65. The van der Waals surface area contributed by atoms with Gasteiger partial charge in [0.1, 0.15) is 0 Å². The molecule has 0 unspecified atom stereocenters. The minimum absolute atomic E-state index is 0.184. The van der Waals surface area contributed by atoms with Gasteiger partial charge in [-0.15, -0.1) is 0 Å². The summed E-state index contributed by atoms with van der Waals surface area (Å²) in [6.07, 6.45) is 2.46. The Kier molecular flexibility index (Phi) is 5.65.